The predicted octanol–water partition coefficient (Wildman–Crippen LogP) is 3.09. The number of rotatable bonds is 4. The zero-order valence-corrected chi connectivity index (χ0v) is 15.4. The Kier molecular flexibility index (Phi) is 4.79. The van der Waals surface area contributed by atoms with Crippen LogP contribution >= 0.6 is 22.6 Å². The molecule has 24 heavy (non-hydrogen) atoms. The van der Waals surface area contributed by atoms with Gasteiger partial charge in [0.15, 0.2) is 0 Å². The van der Waals surface area contributed by atoms with E-state index >= 15 is 0 Å². The van der Waals surface area contributed by atoms with Gasteiger partial charge in [0.25, 0.3) is 5.91 Å². The molecule has 7 heteroatoms. The molecular weight excluding hydrogens is 417 g/mol. The van der Waals surface area contributed by atoms with Gasteiger partial charge in [0.05, 0.1) is 11.4 Å². The lowest BCUT2D eigenvalue weighted by atomic mass is 10.1. The molecule has 0 fully saturated rings. The average Bonchev–Trinajstić information content (AvgIpc) is 2.98. The summed E-state index contributed by atoms with van der Waals surface area (Å²) in [4.78, 5) is 17.5. The van der Waals surface area contributed by atoms with Gasteiger partial charge in [-0.15, -0.1) is 0 Å². The van der Waals surface area contributed by atoms with Crippen molar-refractivity contribution in [1.82, 2.24) is 14.3 Å². The van der Waals surface area contributed by atoms with Crippen LogP contribution in [-0.4, -0.2) is 40.5 Å². The van der Waals surface area contributed by atoms with E-state index in [1.54, 1.807) is 14.1 Å². The SMILES string of the molecule is CN(C)C(=O)C=NNc1ccc(-c2cn3cc(I)ccc3n2)cc1. The van der Waals surface area contributed by atoms with E-state index in [2.05, 4.69) is 38.1 Å². The highest BCUT2D eigenvalue weighted by Gasteiger charge is 2.05. The van der Waals surface area contributed by atoms with Crippen LogP contribution in [0.25, 0.3) is 16.9 Å². The Morgan fingerprint density at radius 1 is 1.21 bits per heavy atom. The van der Waals surface area contributed by atoms with E-state index in [1.807, 2.05) is 53.2 Å². The van der Waals surface area contributed by atoms with Gasteiger partial charge in [-0.1, -0.05) is 12.1 Å². The lowest BCUT2D eigenvalue weighted by Gasteiger charge is -2.05. The molecule has 2 heterocycles. The fourth-order valence-corrected chi connectivity index (χ4v) is 2.58. The van der Waals surface area contributed by atoms with Gasteiger partial charge in [0.1, 0.15) is 11.9 Å². The summed E-state index contributed by atoms with van der Waals surface area (Å²) >= 11 is 2.28. The first kappa shape index (κ1) is 16.4. The number of anilines is 1. The Balaban J connectivity index is 1.74. The largest absolute Gasteiger partial charge is 0.344 e. The van der Waals surface area contributed by atoms with Gasteiger partial charge in [-0.3, -0.25) is 10.2 Å². The third-order valence-corrected chi connectivity index (χ3v) is 4.04. The fourth-order valence-electron chi connectivity index (χ4n) is 2.10. The van der Waals surface area contributed by atoms with Crippen molar-refractivity contribution in [2.45, 2.75) is 0 Å². The first-order valence-electron chi connectivity index (χ1n) is 7.28. The molecule has 0 bridgehead atoms. The molecule has 2 aromatic heterocycles. The van der Waals surface area contributed by atoms with E-state index in [-0.39, 0.29) is 5.91 Å². The number of imidazole rings is 1. The quantitative estimate of drug-likeness (QED) is 0.391. The molecule has 1 N–H and O–H groups in total. The summed E-state index contributed by atoms with van der Waals surface area (Å²) in [6.07, 6.45) is 5.30. The Morgan fingerprint density at radius 2 is 1.96 bits per heavy atom. The Labute approximate surface area is 153 Å². The van der Waals surface area contributed by atoms with Crippen molar-refractivity contribution >= 4 is 46.0 Å². The molecule has 0 saturated heterocycles. The maximum absolute atomic E-state index is 11.4. The Bertz CT molecular complexity index is 899. The van der Waals surface area contributed by atoms with Crippen molar-refractivity contribution in [3.63, 3.8) is 0 Å². The van der Waals surface area contributed by atoms with Crippen LogP contribution in [0.1, 0.15) is 0 Å². The summed E-state index contributed by atoms with van der Waals surface area (Å²) in [7, 11) is 3.36. The van der Waals surface area contributed by atoms with Crippen LogP contribution in [0.4, 0.5) is 5.69 Å². The van der Waals surface area contributed by atoms with Crippen molar-refractivity contribution in [1.29, 1.82) is 0 Å². The van der Waals surface area contributed by atoms with E-state index in [0.717, 1.165) is 26.2 Å². The molecule has 0 aliphatic carbocycles. The maximum Gasteiger partial charge on any atom is 0.266 e. The molecule has 1 amide bonds. The molecule has 0 saturated carbocycles. The minimum Gasteiger partial charge on any atom is -0.344 e. The number of fused-ring (bicyclic) bond motifs is 1. The molecule has 0 aliphatic rings. The van der Waals surface area contributed by atoms with Gasteiger partial charge < -0.3 is 9.30 Å². The molecule has 0 aliphatic heterocycles. The second kappa shape index (κ2) is 7.00. The number of nitrogens with one attached hydrogen (secondary N) is 1. The minimum absolute atomic E-state index is 0.168. The van der Waals surface area contributed by atoms with Crippen molar-refractivity contribution in [3.8, 4) is 11.3 Å². The maximum atomic E-state index is 11.4. The Morgan fingerprint density at radius 3 is 2.67 bits per heavy atom. The Hall–Kier alpha value is -2.42. The molecule has 0 spiro atoms. The zero-order valence-electron chi connectivity index (χ0n) is 13.3. The fraction of sp³-hybridized carbons (Fsp3) is 0.118. The van der Waals surface area contributed by atoms with Crippen molar-refractivity contribution in [2.24, 2.45) is 5.10 Å². The number of benzene rings is 1. The van der Waals surface area contributed by atoms with Gasteiger partial charge in [-0.25, -0.2) is 4.98 Å². The molecule has 122 valence electrons. The van der Waals surface area contributed by atoms with E-state index in [4.69, 9.17) is 0 Å². The van der Waals surface area contributed by atoms with E-state index in [1.165, 1.54) is 11.1 Å². The number of nitrogens with zero attached hydrogens (tertiary/aromatic N) is 4. The summed E-state index contributed by atoms with van der Waals surface area (Å²) < 4.78 is 3.18. The summed E-state index contributed by atoms with van der Waals surface area (Å²) in [6, 6.07) is 11.8. The third kappa shape index (κ3) is 3.73. The highest BCUT2D eigenvalue weighted by atomic mass is 127. The summed E-state index contributed by atoms with van der Waals surface area (Å²) in [5.41, 5.74) is 6.49. The average molecular weight is 433 g/mol. The highest BCUT2D eigenvalue weighted by Crippen LogP contribution is 2.21. The van der Waals surface area contributed by atoms with Crippen molar-refractivity contribution < 1.29 is 4.79 Å². The van der Waals surface area contributed by atoms with Gasteiger partial charge in [0.2, 0.25) is 0 Å². The molecule has 0 radical (unpaired) electrons. The first-order chi connectivity index (χ1) is 11.5. The first-order valence-corrected chi connectivity index (χ1v) is 8.36. The van der Waals surface area contributed by atoms with E-state index < -0.39 is 0 Å². The molecule has 6 nitrogen and oxygen atoms in total. The van der Waals surface area contributed by atoms with Gasteiger partial charge in [-0.05, 0) is 46.9 Å². The standard InChI is InChI=1S/C17H16IN5O/c1-22(2)17(24)9-19-21-14-6-3-12(4-7-14)15-11-23-10-13(18)5-8-16(23)20-15/h3-11,21H,1-2H3. The number of amides is 1. The van der Waals surface area contributed by atoms with Crippen LogP contribution in [0, 0.1) is 3.57 Å². The normalized spacial score (nSPS) is 11.1. The van der Waals surface area contributed by atoms with Crippen molar-refractivity contribution in [3.05, 3.63) is 52.4 Å². The second-order valence-corrected chi connectivity index (χ2v) is 6.66. The molecule has 0 atom stereocenters. The smallest absolute Gasteiger partial charge is 0.266 e. The number of halogens is 1. The lowest BCUT2D eigenvalue weighted by molar-refractivity contribution is -0.121. The third-order valence-electron chi connectivity index (χ3n) is 3.41. The number of hydrazone groups is 1. The second-order valence-electron chi connectivity index (χ2n) is 5.42. The van der Waals surface area contributed by atoms with Gasteiger partial charge >= 0.3 is 0 Å². The number of carbonyl (C=O) groups is 1. The summed E-state index contributed by atoms with van der Waals surface area (Å²) in [5, 5.41) is 3.92. The molecule has 0 unspecified atom stereocenters. The van der Waals surface area contributed by atoms with Crippen LogP contribution in [0.2, 0.25) is 0 Å². The van der Waals surface area contributed by atoms with Gasteiger partial charge in [-0.2, -0.15) is 5.10 Å². The van der Waals surface area contributed by atoms with Crippen molar-refractivity contribution in [2.75, 3.05) is 19.5 Å². The predicted molar refractivity (Wildman–Crippen MR) is 104 cm³/mol. The van der Waals surface area contributed by atoms with Crippen LogP contribution in [-0.2, 0) is 4.79 Å². The summed E-state index contributed by atoms with van der Waals surface area (Å²) in [5.74, 6) is -0.168. The van der Waals surface area contributed by atoms with E-state index in [9.17, 15) is 4.79 Å². The molecule has 3 rings (SSSR count). The topological polar surface area (TPSA) is 62.0 Å². The van der Waals surface area contributed by atoms with Crippen LogP contribution in [0.3, 0.4) is 0 Å². The van der Waals surface area contributed by atoms with Crippen LogP contribution in [0.15, 0.2) is 53.9 Å². The summed E-state index contributed by atoms with van der Waals surface area (Å²) in [6.45, 7) is 0. The molecule has 1 aromatic carbocycles. The monoisotopic (exact) mass is 433 g/mol. The number of pyridine rings is 1. The zero-order chi connectivity index (χ0) is 17.1. The lowest BCUT2D eigenvalue weighted by Crippen LogP contribution is -2.22. The van der Waals surface area contributed by atoms with Crippen LogP contribution in [0.5, 0.6) is 0 Å². The minimum atomic E-state index is -0.168. The molecular formula is C17H16IN5O. The number of carbonyl (C=O) groups excluding carboxylic acids is 1. The number of hydrogen-bond acceptors (Lipinski definition) is 4. The highest BCUT2D eigenvalue weighted by molar-refractivity contribution is 14.1. The van der Waals surface area contributed by atoms with Gasteiger partial charge in [0, 0.05) is 35.6 Å². The van der Waals surface area contributed by atoms with Crippen LogP contribution < -0.4 is 5.43 Å². The molecule has 3 aromatic rings. The van der Waals surface area contributed by atoms with E-state index in [0.29, 0.717) is 0 Å². The number of hydrogen-bond donors (Lipinski definition) is 1. The number of aromatic nitrogens is 2.